The molecule has 0 aromatic carbocycles. The van der Waals surface area contributed by atoms with Crippen LogP contribution in [0.1, 0.15) is 67.2 Å². The summed E-state index contributed by atoms with van der Waals surface area (Å²) in [6.07, 6.45) is 2.63. The van der Waals surface area contributed by atoms with Crippen molar-refractivity contribution in [3.05, 3.63) is 0 Å². The zero-order valence-electron chi connectivity index (χ0n) is 16.6. The first kappa shape index (κ1) is 21.9. The van der Waals surface area contributed by atoms with Crippen LogP contribution in [0, 0.1) is 16.2 Å². The molecule has 0 heterocycles. The fourth-order valence-electron chi connectivity index (χ4n) is 3.20. The van der Waals surface area contributed by atoms with Crippen molar-refractivity contribution >= 4 is 11.8 Å². The van der Waals surface area contributed by atoms with E-state index in [0.29, 0.717) is 12.8 Å². The maximum Gasteiger partial charge on any atom is 0.236 e. The van der Waals surface area contributed by atoms with Crippen molar-refractivity contribution in [3.63, 3.8) is 0 Å². The highest BCUT2D eigenvalue weighted by Crippen LogP contribution is 2.39. The highest BCUT2D eigenvalue weighted by molar-refractivity contribution is 6.05. The predicted octanol–water partition coefficient (Wildman–Crippen LogP) is 1.59. The molecule has 1 aliphatic rings. The molecule has 0 radical (unpaired) electrons. The fourth-order valence-corrected chi connectivity index (χ4v) is 3.20. The zero-order chi connectivity index (χ0) is 19.5. The van der Waals surface area contributed by atoms with Gasteiger partial charge in [-0.2, -0.15) is 0 Å². The van der Waals surface area contributed by atoms with Crippen LogP contribution in [0.2, 0.25) is 0 Å². The lowest BCUT2D eigenvalue weighted by molar-refractivity contribution is -0.145. The maximum atomic E-state index is 13.0. The van der Waals surface area contributed by atoms with E-state index in [4.69, 9.17) is 0 Å². The lowest BCUT2D eigenvalue weighted by Gasteiger charge is -2.36. The minimum atomic E-state index is -1.11. The summed E-state index contributed by atoms with van der Waals surface area (Å²) in [4.78, 5) is 26.0. The largest absolute Gasteiger partial charge is 0.394 e. The average Bonchev–Trinajstić information content (AvgIpc) is 2.98. The van der Waals surface area contributed by atoms with Gasteiger partial charge in [0.05, 0.1) is 25.3 Å². The smallest absolute Gasteiger partial charge is 0.236 e. The van der Waals surface area contributed by atoms with Crippen LogP contribution in [0.5, 0.6) is 0 Å². The van der Waals surface area contributed by atoms with Crippen molar-refractivity contribution in [2.45, 2.75) is 79.3 Å². The van der Waals surface area contributed by atoms with E-state index in [2.05, 4.69) is 10.6 Å². The average molecular weight is 357 g/mol. The molecule has 4 N–H and O–H groups in total. The van der Waals surface area contributed by atoms with Crippen molar-refractivity contribution in [2.24, 2.45) is 16.2 Å². The second-order valence-electron chi connectivity index (χ2n) is 9.44. The number of carbonyl (C=O) groups excluding carboxylic acids is 2. The van der Waals surface area contributed by atoms with E-state index in [0.717, 1.165) is 12.8 Å². The lowest BCUT2D eigenvalue weighted by atomic mass is 9.80. The van der Waals surface area contributed by atoms with Gasteiger partial charge in [0.1, 0.15) is 5.41 Å². The van der Waals surface area contributed by atoms with Gasteiger partial charge in [0.15, 0.2) is 0 Å². The Labute approximate surface area is 151 Å². The molecule has 0 aromatic heterocycles. The second-order valence-corrected chi connectivity index (χ2v) is 9.44. The Balaban J connectivity index is 2.99. The van der Waals surface area contributed by atoms with E-state index < -0.39 is 17.5 Å². The molecule has 2 atom stereocenters. The van der Waals surface area contributed by atoms with Gasteiger partial charge in [0.25, 0.3) is 0 Å². The molecule has 146 valence electrons. The molecule has 25 heavy (non-hydrogen) atoms. The number of aliphatic hydroxyl groups excluding tert-OH is 2. The highest BCUT2D eigenvalue weighted by atomic mass is 16.3. The molecule has 0 unspecified atom stereocenters. The summed E-state index contributed by atoms with van der Waals surface area (Å²) in [5, 5.41) is 25.0. The highest BCUT2D eigenvalue weighted by Gasteiger charge is 2.49. The minimum Gasteiger partial charge on any atom is -0.394 e. The number of rotatable bonds is 6. The van der Waals surface area contributed by atoms with Crippen LogP contribution in [-0.4, -0.2) is 47.3 Å². The van der Waals surface area contributed by atoms with Crippen molar-refractivity contribution in [3.8, 4) is 0 Å². The Bertz CT molecular complexity index is 433. The van der Waals surface area contributed by atoms with E-state index in [1.54, 1.807) is 0 Å². The van der Waals surface area contributed by atoms with Crippen LogP contribution in [-0.2, 0) is 9.59 Å². The molecule has 0 spiro atoms. The standard InChI is InChI=1S/C19H36N2O4/c1-17(2,3)13(11-22)20-15(24)19(9-7-8-10-19)16(25)21-14(12-23)18(4,5)6/h13-14,22-23H,7-12H2,1-6H3,(H,20,24)(H,21,25)/t13-,14-/m0/s1. The van der Waals surface area contributed by atoms with Gasteiger partial charge in [0.2, 0.25) is 11.8 Å². The van der Waals surface area contributed by atoms with Gasteiger partial charge in [-0.25, -0.2) is 0 Å². The molecule has 2 amide bonds. The first-order valence-corrected chi connectivity index (χ1v) is 9.22. The Morgan fingerprint density at radius 3 is 1.40 bits per heavy atom. The molecule has 0 saturated heterocycles. The monoisotopic (exact) mass is 356 g/mol. The van der Waals surface area contributed by atoms with Crippen LogP contribution in [0.4, 0.5) is 0 Å². The van der Waals surface area contributed by atoms with Crippen LogP contribution >= 0.6 is 0 Å². The van der Waals surface area contributed by atoms with Crippen molar-refractivity contribution in [1.82, 2.24) is 10.6 Å². The van der Waals surface area contributed by atoms with Gasteiger partial charge < -0.3 is 20.8 Å². The number of hydrogen-bond acceptors (Lipinski definition) is 4. The van der Waals surface area contributed by atoms with Crippen LogP contribution < -0.4 is 10.6 Å². The van der Waals surface area contributed by atoms with Gasteiger partial charge in [-0.15, -0.1) is 0 Å². The molecular weight excluding hydrogens is 320 g/mol. The zero-order valence-corrected chi connectivity index (χ0v) is 16.6. The first-order valence-electron chi connectivity index (χ1n) is 9.22. The third-order valence-corrected chi connectivity index (χ3v) is 5.39. The summed E-state index contributed by atoms with van der Waals surface area (Å²) in [6, 6.07) is -0.831. The fraction of sp³-hybridized carbons (Fsp3) is 0.895. The number of hydrogen-bond donors (Lipinski definition) is 4. The summed E-state index contributed by atoms with van der Waals surface area (Å²) < 4.78 is 0. The first-order chi connectivity index (χ1) is 11.4. The molecule has 6 nitrogen and oxygen atoms in total. The second kappa shape index (κ2) is 8.04. The summed E-state index contributed by atoms with van der Waals surface area (Å²) in [5.74, 6) is -0.635. The van der Waals surface area contributed by atoms with Gasteiger partial charge in [-0.05, 0) is 23.7 Å². The summed E-state index contributed by atoms with van der Waals surface area (Å²) >= 11 is 0. The van der Waals surface area contributed by atoms with Crippen LogP contribution in [0.15, 0.2) is 0 Å². The van der Waals surface area contributed by atoms with Crippen LogP contribution in [0.25, 0.3) is 0 Å². The van der Waals surface area contributed by atoms with Crippen molar-refractivity contribution in [1.29, 1.82) is 0 Å². The SMILES string of the molecule is CC(C)(C)[C@H](CO)NC(=O)C1(C(=O)N[C@@H](CO)C(C)(C)C)CCCC1. The summed E-state index contributed by atoms with van der Waals surface area (Å²) in [7, 11) is 0. The summed E-state index contributed by atoms with van der Waals surface area (Å²) in [5.41, 5.74) is -1.73. The topological polar surface area (TPSA) is 98.7 Å². The minimum absolute atomic E-state index is 0.172. The molecule has 1 aliphatic carbocycles. The van der Waals surface area contributed by atoms with E-state index in [-0.39, 0.29) is 35.9 Å². The molecule has 1 saturated carbocycles. The number of nitrogens with one attached hydrogen (secondary N) is 2. The van der Waals surface area contributed by atoms with Crippen molar-refractivity contribution in [2.75, 3.05) is 13.2 Å². The predicted molar refractivity (Wildman–Crippen MR) is 97.8 cm³/mol. The Morgan fingerprint density at radius 1 is 0.840 bits per heavy atom. The quantitative estimate of drug-likeness (QED) is 0.543. The molecule has 1 rings (SSSR count). The van der Waals surface area contributed by atoms with Gasteiger partial charge in [0, 0.05) is 0 Å². The third-order valence-electron chi connectivity index (χ3n) is 5.39. The van der Waals surface area contributed by atoms with E-state index in [1.807, 2.05) is 41.5 Å². The number of amides is 2. The molecule has 6 heteroatoms. The number of carbonyl (C=O) groups is 2. The molecule has 0 aromatic rings. The number of aliphatic hydroxyl groups is 2. The molecular formula is C19H36N2O4. The Hall–Kier alpha value is -1.14. The van der Waals surface area contributed by atoms with Crippen LogP contribution in [0.3, 0.4) is 0 Å². The third kappa shape index (κ3) is 5.17. The lowest BCUT2D eigenvalue weighted by Crippen LogP contribution is -2.58. The Kier molecular flexibility index (Phi) is 7.04. The van der Waals surface area contributed by atoms with Crippen molar-refractivity contribution < 1.29 is 19.8 Å². The van der Waals surface area contributed by atoms with Gasteiger partial charge in [-0.3, -0.25) is 9.59 Å². The van der Waals surface area contributed by atoms with E-state index in [9.17, 15) is 19.8 Å². The Morgan fingerprint density at radius 2 is 1.16 bits per heavy atom. The molecule has 1 fully saturated rings. The maximum absolute atomic E-state index is 13.0. The summed E-state index contributed by atoms with van der Waals surface area (Å²) in [6.45, 7) is 11.3. The van der Waals surface area contributed by atoms with Gasteiger partial charge in [-0.1, -0.05) is 54.4 Å². The normalized spacial score (nSPS) is 20.0. The molecule has 0 aliphatic heterocycles. The molecule has 0 bridgehead atoms. The van der Waals surface area contributed by atoms with E-state index in [1.165, 1.54) is 0 Å². The van der Waals surface area contributed by atoms with E-state index >= 15 is 0 Å². The van der Waals surface area contributed by atoms with Gasteiger partial charge >= 0.3 is 0 Å².